The van der Waals surface area contributed by atoms with Crippen molar-refractivity contribution in [1.82, 2.24) is 14.4 Å². The zero-order chi connectivity index (χ0) is 21.2. The molecule has 0 saturated heterocycles. The van der Waals surface area contributed by atoms with Crippen molar-refractivity contribution in [3.63, 3.8) is 0 Å². The Hall–Kier alpha value is -3.02. The van der Waals surface area contributed by atoms with Gasteiger partial charge in [0.25, 0.3) is 5.91 Å². The Kier molecular flexibility index (Phi) is 8.52. The highest BCUT2D eigenvalue weighted by molar-refractivity contribution is 5.85. The molecule has 6 heteroatoms. The zero-order valence-corrected chi connectivity index (χ0v) is 17.6. The molecule has 29 heavy (non-hydrogen) atoms. The second kappa shape index (κ2) is 11.1. The number of benzene rings is 1. The van der Waals surface area contributed by atoms with Crippen molar-refractivity contribution in [3.8, 4) is 5.75 Å². The summed E-state index contributed by atoms with van der Waals surface area (Å²) in [6.07, 6.45) is 3.58. The monoisotopic (exact) mass is 397 g/mol. The molecule has 0 radical (unpaired) electrons. The van der Waals surface area contributed by atoms with Crippen LogP contribution in [-0.4, -0.2) is 52.4 Å². The number of hydrogen-bond donors (Lipinski definition) is 0. The number of nitrogens with zero attached hydrogens (tertiary/aromatic N) is 3. The number of aryl methyl sites for hydroxylation is 1. The molecule has 1 aromatic carbocycles. The van der Waals surface area contributed by atoms with E-state index < -0.39 is 0 Å². The van der Waals surface area contributed by atoms with Gasteiger partial charge in [-0.1, -0.05) is 38.1 Å². The number of carbonyl (C=O) groups is 2. The van der Waals surface area contributed by atoms with Crippen LogP contribution in [0.15, 0.2) is 61.3 Å². The molecule has 6 nitrogen and oxygen atoms in total. The molecule has 0 saturated carbocycles. The minimum Gasteiger partial charge on any atom is -0.484 e. The van der Waals surface area contributed by atoms with E-state index in [2.05, 4.69) is 20.4 Å². The van der Waals surface area contributed by atoms with Crippen LogP contribution in [0.4, 0.5) is 0 Å². The van der Waals surface area contributed by atoms with Gasteiger partial charge in [0.05, 0.1) is 6.54 Å². The third-order valence-corrected chi connectivity index (χ3v) is 4.48. The van der Waals surface area contributed by atoms with Crippen LogP contribution in [0, 0.1) is 5.92 Å². The van der Waals surface area contributed by atoms with Gasteiger partial charge in [0.15, 0.2) is 6.61 Å². The Morgan fingerprint density at radius 1 is 1.10 bits per heavy atom. The van der Waals surface area contributed by atoms with Crippen molar-refractivity contribution in [2.24, 2.45) is 13.0 Å². The Balaban J connectivity index is 2.02. The van der Waals surface area contributed by atoms with E-state index in [1.165, 1.54) is 4.90 Å². The average molecular weight is 398 g/mol. The van der Waals surface area contributed by atoms with Crippen LogP contribution < -0.4 is 4.74 Å². The molecule has 0 aliphatic carbocycles. The molecular weight excluding hydrogens is 366 g/mol. The zero-order valence-electron chi connectivity index (χ0n) is 17.6. The molecule has 0 aliphatic heterocycles. The molecule has 0 spiro atoms. The molecule has 2 amide bonds. The first-order chi connectivity index (χ1) is 13.9. The van der Waals surface area contributed by atoms with Gasteiger partial charge in [-0.25, -0.2) is 0 Å². The number of rotatable bonds is 11. The lowest BCUT2D eigenvalue weighted by Gasteiger charge is -2.28. The van der Waals surface area contributed by atoms with Gasteiger partial charge in [-0.2, -0.15) is 0 Å². The van der Waals surface area contributed by atoms with Gasteiger partial charge in [0.1, 0.15) is 12.3 Å². The van der Waals surface area contributed by atoms with Crippen molar-refractivity contribution in [2.45, 2.75) is 20.4 Å². The van der Waals surface area contributed by atoms with Crippen molar-refractivity contribution < 1.29 is 14.3 Å². The van der Waals surface area contributed by atoms with Gasteiger partial charge in [0.2, 0.25) is 5.91 Å². The maximum Gasteiger partial charge on any atom is 0.261 e. The molecule has 1 heterocycles. The van der Waals surface area contributed by atoms with Crippen LogP contribution in [-0.2, 0) is 23.2 Å². The van der Waals surface area contributed by atoms with Crippen LogP contribution in [0.1, 0.15) is 19.5 Å². The van der Waals surface area contributed by atoms with E-state index in [1.54, 1.807) is 23.1 Å². The first-order valence-corrected chi connectivity index (χ1v) is 9.85. The van der Waals surface area contributed by atoms with E-state index in [1.807, 2.05) is 48.1 Å². The van der Waals surface area contributed by atoms with Crippen LogP contribution in [0.2, 0.25) is 0 Å². The topological polar surface area (TPSA) is 54.8 Å². The third kappa shape index (κ3) is 7.14. The Labute approximate surface area is 173 Å². The number of ether oxygens (including phenoxy) is 1. The largest absolute Gasteiger partial charge is 0.484 e. The highest BCUT2D eigenvalue weighted by Gasteiger charge is 2.22. The summed E-state index contributed by atoms with van der Waals surface area (Å²) in [5.74, 6) is 0.611. The summed E-state index contributed by atoms with van der Waals surface area (Å²) in [6, 6.07) is 13.1. The molecule has 0 unspecified atom stereocenters. The maximum atomic E-state index is 13.0. The highest BCUT2D eigenvalue weighted by atomic mass is 16.5. The fraction of sp³-hybridized carbons (Fsp3) is 0.391. The minimum atomic E-state index is -0.245. The molecule has 0 atom stereocenters. The Bertz CT molecular complexity index is 799. The molecule has 0 aliphatic rings. The summed E-state index contributed by atoms with van der Waals surface area (Å²) in [4.78, 5) is 29.0. The predicted molar refractivity (Wildman–Crippen MR) is 114 cm³/mol. The van der Waals surface area contributed by atoms with E-state index >= 15 is 0 Å². The Morgan fingerprint density at radius 3 is 2.41 bits per heavy atom. The molecule has 2 aromatic rings. The summed E-state index contributed by atoms with van der Waals surface area (Å²) in [6.45, 7) is 9.17. The van der Waals surface area contributed by atoms with Crippen LogP contribution in [0.25, 0.3) is 0 Å². The third-order valence-electron chi connectivity index (χ3n) is 4.48. The first kappa shape index (κ1) is 22.3. The lowest BCUT2D eigenvalue weighted by Crippen LogP contribution is -2.45. The molecule has 156 valence electrons. The molecule has 1 aromatic heterocycles. The molecule has 0 fully saturated rings. The van der Waals surface area contributed by atoms with E-state index in [4.69, 9.17) is 4.74 Å². The van der Waals surface area contributed by atoms with Gasteiger partial charge in [-0.3, -0.25) is 9.59 Å². The lowest BCUT2D eigenvalue weighted by molar-refractivity contribution is -0.141. The smallest absolute Gasteiger partial charge is 0.261 e. The fourth-order valence-electron chi connectivity index (χ4n) is 2.98. The fourth-order valence-corrected chi connectivity index (χ4v) is 2.98. The lowest BCUT2D eigenvalue weighted by atomic mass is 10.2. The van der Waals surface area contributed by atoms with Crippen molar-refractivity contribution in [1.29, 1.82) is 0 Å². The van der Waals surface area contributed by atoms with E-state index in [9.17, 15) is 9.59 Å². The van der Waals surface area contributed by atoms with Crippen molar-refractivity contribution in [2.75, 3.05) is 26.2 Å². The quantitative estimate of drug-likeness (QED) is 0.548. The van der Waals surface area contributed by atoms with Gasteiger partial charge < -0.3 is 19.1 Å². The molecule has 0 N–H and O–H groups in total. The van der Waals surface area contributed by atoms with Crippen LogP contribution in [0.3, 0.4) is 0 Å². The molecular formula is C23H31N3O3. The molecule has 0 bridgehead atoms. The average Bonchev–Trinajstić information content (AvgIpc) is 3.10. The second-order valence-corrected chi connectivity index (χ2v) is 7.44. The SMILES string of the molecule is C=CCN(CC(=O)N(Cc1cccn1C)CC(C)C)C(=O)COc1ccccc1. The summed E-state index contributed by atoms with van der Waals surface area (Å²) in [5, 5.41) is 0. The molecule has 2 rings (SSSR count). The Morgan fingerprint density at radius 2 is 1.83 bits per heavy atom. The number of amides is 2. The number of para-hydroxylation sites is 1. The van der Waals surface area contributed by atoms with Crippen LogP contribution >= 0.6 is 0 Å². The summed E-state index contributed by atoms with van der Waals surface area (Å²) < 4.78 is 7.55. The summed E-state index contributed by atoms with van der Waals surface area (Å²) in [7, 11) is 1.96. The van der Waals surface area contributed by atoms with Gasteiger partial charge >= 0.3 is 0 Å². The maximum absolute atomic E-state index is 13.0. The van der Waals surface area contributed by atoms with E-state index in [0.29, 0.717) is 31.3 Å². The minimum absolute atomic E-state index is 0.000145. The second-order valence-electron chi connectivity index (χ2n) is 7.44. The summed E-state index contributed by atoms with van der Waals surface area (Å²) >= 11 is 0. The number of aromatic nitrogens is 1. The normalized spacial score (nSPS) is 10.6. The number of carbonyl (C=O) groups excluding carboxylic acids is 2. The van der Waals surface area contributed by atoms with E-state index in [-0.39, 0.29) is 25.0 Å². The van der Waals surface area contributed by atoms with Gasteiger partial charge in [-0.15, -0.1) is 6.58 Å². The first-order valence-electron chi connectivity index (χ1n) is 9.85. The van der Waals surface area contributed by atoms with Crippen LogP contribution in [0.5, 0.6) is 5.75 Å². The van der Waals surface area contributed by atoms with Crippen molar-refractivity contribution in [3.05, 3.63) is 67.0 Å². The highest BCUT2D eigenvalue weighted by Crippen LogP contribution is 2.11. The van der Waals surface area contributed by atoms with Gasteiger partial charge in [0, 0.05) is 32.0 Å². The van der Waals surface area contributed by atoms with E-state index in [0.717, 1.165) is 5.69 Å². The standard InChI is InChI=1S/C23H31N3O3/c1-5-13-25(23(28)18-29-21-11-7-6-8-12-21)17-22(27)26(15-19(2)3)16-20-10-9-14-24(20)4/h5-12,14,19H,1,13,15-18H2,2-4H3. The van der Waals surface area contributed by atoms with Gasteiger partial charge in [-0.05, 0) is 30.2 Å². The predicted octanol–water partition coefficient (Wildman–Crippen LogP) is 3.10. The summed E-state index contributed by atoms with van der Waals surface area (Å²) in [5.41, 5.74) is 1.05. The number of hydrogen-bond acceptors (Lipinski definition) is 3. The van der Waals surface area contributed by atoms with Crippen molar-refractivity contribution >= 4 is 11.8 Å².